The monoisotopic (exact) mass is 385 g/mol. The predicted molar refractivity (Wildman–Crippen MR) is 44.6 cm³/mol. The van der Waals surface area contributed by atoms with Crippen LogP contribution in [0.4, 0.5) is 0 Å². The van der Waals surface area contributed by atoms with E-state index >= 15 is 0 Å². The molecule has 3 heteroatoms. The van der Waals surface area contributed by atoms with Crippen molar-refractivity contribution in [1.82, 2.24) is 0 Å². The summed E-state index contributed by atoms with van der Waals surface area (Å²) in [5.41, 5.74) is 3.14. The van der Waals surface area contributed by atoms with Gasteiger partial charge in [0, 0.05) is 0 Å². The molecule has 0 atom stereocenters. The van der Waals surface area contributed by atoms with Crippen LogP contribution < -0.4 is 24.8 Å². The van der Waals surface area contributed by atoms with Gasteiger partial charge in [-0.1, -0.05) is 27.7 Å². The second-order valence-electron chi connectivity index (χ2n) is 3.96. The first kappa shape index (κ1) is 19.5. The molecule has 0 saturated heterocycles. The average molecular weight is 385 g/mol. The summed E-state index contributed by atoms with van der Waals surface area (Å²) in [6.07, 6.45) is 6.59. The molecule has 0 nitrogen and oxygen atoms in total. The Morgan fingerprint density at radius 2 is 1.69 bits per heavy atom. The molecule has 0 heterocycles. The summed E-state index contributed by atoms with van der Waals surface area (Å²) < 4.78 is 0. The number of hydrogen-bond acceptors (Lipinski definition) is 0. The fourth-order valence-corrected chi connectivity index (χ4v) is 1.08. The molecule has 0 aromatic rings. The molecule has 0 amide bonds. The van der Waals surface area contributed by atoms with Gasteiger partial charge in [0.25, 0.3) is 0 Å². The Bertz CT molecular complexity index is 199. The van der Waals surface area contributed by atoms with Gasteiger partial charge in [-0.05, 0) is 5.41 Å². The SMILES string of the molecule is CC1=[C-]CC(C(C)(C)C)=C1.[Cl-].[Cl-].[Hf+4]. The molecule has 0 N–H and O–H groups in total. The Morgan fingerprint density at radius 3 is 1.85 bits per heavy atom. The maximum atomic E-state index is 3.30. The van der Waals surface area contributed by atoms with Crippen molar-refractivity contribution in [2.75, 3.05) is 0 Å². The van der Waals surface area contributed by atoms with Crippen LogP contribution in [0.3, 0.4) is 0 Å². The van der Waals surface area contributed by atoms with Crippen LogP contribution in [0.15, 0.2) is 17.2 Å². The van der Waals surface area contributed by atoms with Crippen LogP contribution in [0.2, 0.25) is 0 Å². The molecule has 0 aromatic carbocycles. The van der Waals surface area contributed by atoms with E-state index in [2.05, 4.69) is 39.8 Å². The van der Waals surface area contributed by atoms with Crippen molar-refractivity contribution in [2.24, 2.45) is 5.41 Å². The molecule has 0 spiro atoms. The van der Waals surface area contributed by atoms with Gasteiger partial charge in [-0.2, -0.15) is 5.57 Å². The van der Waals surface area contributed by atoms with Crippen molar-refractivity contribution in [1.29, 1.82) is 0 Å². The largest absolute Gasteiger partial charge is 4.00 e. The van der Waals surface area contributed by atoms with Gasteiger partial charge in [0.1, 0.15) is 0 Å². The molecule has 72 valence electrons. The molecule has 0 aliphatic heterocycles. The Balaban J connectivity index is -0.000000333. The van der Waals surface area contributed by atoms with Crippen LogP contribution in [0.5, 0.6) is 0 Å². The average Bonchev–Trinajstić information content (AvgIpc) is 2.11. The molecule has 1 aliphatic rings. The number of hydrogen-bond donors (Lipinski definition) is 0. The third-order valence-electron chi connectivity index (χ3n) is 1.91. The summed E-state index contributed by atoms with van der Waals surface area (Å²) in [6.45, 7) is 8.86. The van der Waals surface area contributed by atoms with E-state index in [1.165, 1.54) is 11.1 Å². The van der Waals surface area contributed by atoms with Crippen molar-refractivity contribution >= 4 is 0 Å². The van der Waals surface area contributed by atoms with E-state index in [0.29, 0.717) is 5.41 Å². The number of allylic oxidation sites excluding steroid dienone is 4. The fourth-order valence-electron chi connectivity index (χ4n) is 1.08. The van der Waals surface area contributed by atoms with Gasteiger partial charge in [0.15, 0.2) is 0 Å². The molecule has 0 unspecified atom stereocenters. The summed E-state index contributed by atoms with van der Waals surface area (Å²) in [5.74, 6) is 0. The van der Waals surface area contributed by atoms with E-state index < -0.39 is 0 Å². The minimum Gasteiger partial charge on any atom is -1.00 e. The minimum absolute atomic E-state index is 0. The van der Waals surface area contributed by atoms with Gasteiger partial charge < -0.3 is 24.8 Å². The topological polar surface area (TPSA) is 0 Å². The third kappa shape index (κ3) is 6.09. The van der Waals surface area contributed by atoms with E-state index in [9.17, 15) is 0 Å². The minimum atomic E-state index is 0. The zero-order chi connectivity index (χ0) is 7.78. The number of halogens is 2. The Hall–Kier alpha value is 0.930. The second-order valence-corrected chi connectivity index (χ2v) is 3.96. The Morgan fingerprint density at radius 1 is 1.23 bits per heavy atom. The normalized spacial score (nSPS) is 14.5. The van der Waals surface area contributed by atoms with E-state index in [1.54, 1.807) is 0 Å². The predicted octanol–water partition coefficient (Wildman–Crippen LogP) is -2.88. The van der Waals surface area contributed by atoms with Gasteiger partial charge in [-0.3, -0.25) is 6.08 Å². The van der Waals surface area contributed by atoms with Crippen molar-refractivity contribution in [3.05, 3.63) is 23.3 Å². The van der Waals surface area contributed by atoms with Gasteiger partial charge in [-0.25, -0.2) is 11.6 Å². The summed E-state index contributed by atoms with van der Waals surface area (Å²) in [6, 6.07) is 0. The van der Waals surface area contributed by atoms with E-state index in [-0.39, 0.29) is 50.7 Å². The summed E-state index contributed by atoms with van der Waals surface area (Å²) in [7, 11) is 0. The Labute approximate surface area is 113 Å². The molecule has 0 saturated carbocycles. The molecular formula is C10H15Cl2Hf+. The maximum Gasteiger partial charge on any atom is 4.00 e. The number of rotatable bonds is 0. The first-order valence-electron chi connectivity index (χ1n) is 3.78. The third-order valence-corrected chi connectivity index (χ3v) is 1.91. The van der Waals surface area contributed by atoms with E-state index in [1.807, 2.05) is 0 Å². The molecule has 1 aliphatic carbocycles. The van der Waals surface area contributed by atoms with Crippen molar-refractivity contribution in [2.45, 2.75) is 34.1 Å². The summed E-state index contributed by atoms with van der Waals surface area (Å²) in [4.78, 5) is 0. The van der Waals surface area contributed by atoms with Gasteiger partial charge in [-0.15, -0.1) is 6.42 Å². The molecule has 0 radical (unpaired) electrons. The van der Waals surface area contributed by atoms with Crippen LogP contribution in [-0.2, 0) is 25.8 Å². The fraction of sp³-hybridized carbons (Fsp3) is 0.600. The molecule has 0 aromatic heterocycles. The van der Waals surface area contributed by atoms with Crippen LogP contribution >= 0.6 is 0 Å². The maximum absolute atomic E-state index is 3.30. The van der Waals surface area contributed by atoms with Crippen molar-refractivity contribution in [3.8, 4) is 0 Å². The van der Waals surface area contributed by atoms with Crippen LogP contribution in [0, 0.1) is 11.5 Å². The van der Waals surface area contributed by atoms with Gasteiger partial charge >= 0.3 is 25.8 Å². The summed E-state index contributed by atoms with van der Waals surface area (Å²) in [5, 5.41) is 0. The van der Waals surface area contributed by atoms with Crippen LogP contribution in [0.1, 0.15) is 34.1 Å². The molecule has 1 rings (SSSR count). The van der Waals surface area contributed by atoms with E-state index in [0.717, 1.165) is 6.42 Å². The first-order valence-corrected chi connectivity index (χ1v) is 3.78. The molecule has 13 heavy (non-hydrogen) atoms. The standard InChI is InChI=1S/C10H15.2ClH.Hf/c1-8-5-6-9(7-8)10(2,3)4;;;/h7H,6H2,1-4H3;2*1H;/q-1;;;+4/p-2. The molecule has 0 bridgehead atoms. The van der Waals surface area contributed by atoms with Crippen molar-refractivity contribution < 1.29 is 50.7 Å². The zero-order valence-electron chi connectivity index (χ0n) is 8.54. The molecule has 0 fully saturated rings. The van der Waals surface area contributed by atoms with Crippen LogP contribution in [0.25, 0.3) is 0 Å². The Kier molecular flexibility index (Phi) is 10.9. The smallest absolute Gasteiger partial charge is 1.00 e. The summed E-state index contributed by atoms with van der Waals surface area (Å²) >= 11 is 0. The van der Waals surface area contributed by atoms with E-state index in [4.69, 9.17) is 0 Å². The van der Waals surface area contributed by atoms with Crippen LogP contribution in [-0.4, -0.2) is 0 Å². The second kappa shape index (κ2) is 7.25. The van der Waals surface area contributed by atoms with Crippen molar-refractivity contribution in [3.63, 3.8) is 0 Å². The quantitative estimate of drug-likeness (QED) is 0.311. The zero-order valence-corrected chi connectivity index (χ0v) is 13.6. The van der Waals surface area contributed by atoms with Gasteiger partial charge in [0.2, 0.25) is 0 Å². The first-order chi connectivity index (χ1) is 4.50. The van der Waals surface area contributed by atoms with Gasteiger partial charge in [0.05, 0.1) is 0 Å². The molecular weight excluding hydrogens is 370 g/mol.